The minimum Gasteiger partial charge on any atom is -0.388 e. The van der Waals surface area contributed by atoms with E-state index >= 15 is 8.78 Å². The van der Waals surface area contributed by atoms with Crippen LogP contribution >= 0.6 is 0 Å². The van der Waals surface area contributed by atoms with Crippen molar-refractivity contribution in [3.8, 4) is 22.3 Å². The maximum atomic E-state index is 15.2. The molecule has 14 heteroatoms. The van der Waals surface area contributed by atoms with E-state index in [0.717, 1.165) is 33.4 Å². The first-order valence-electron chi connectivity index (χ1n) is 32.1. The summed E-state index contributed by atoms with van der Waals surface area (Å²) in [5, 5.41) is 25.5. The zero-order valence-electron chi connectivity index (χ0n) is 52.7. The summed E-state index contributed by atoms with van der Waals surface area (Å²) in [5.74, 6) is -0.839. The largest absolute Gasteiger partial charge is 0.388 e. The van der Waals surface area contributed by atoms with Crippen molar-refractivity contribution in [2.45, 2.75) is 76.3 Å². The maximum Gasteiger partial charge on any atom is 0.123 e. The van der Waals surface area contributed by atoms with Crippen molar-refractivity contribution in [1.29, 1.82) is 0 Å². The number of aliphatic hydroxyl groups is 2. The number of aromatic amines is 2. The zero-order chi connectivity index (χ0) is 65.4. The van der Waals surface area contributed by atoms with Crippen molar-refractivity contribution >= 4 is 46.4 Å². The number of hydrogen-bond acceptors (Lipinski definition) is 10. The quantitative estimate of drug-likeness (QED) is 0.0373. The monoisotopic (exact) mass is 1280 g/mol. The predicted molar refractivity (Wildman–Crippen MR) is 372 cm³/mol. The predicted octanol–water partition coefficient (Wildman–Crippen LogP) is 17.1. The molecule has 482 valence electrons. The van der Waals surface area contributed by atoms with Crippen LogP contribution in [0.4, 0.5) is 8.78 Å². The van der Waals surface area contributed by atoms with Crippen molar-refractivity contribution in [1.82, 2.24) is 19.9 Å². The summed E-state index contributed by atoms with van der Waals surface area (Å²) >= 11 is 0. The number of aliphatic hydroxyl groups excluding tert-OH is 2. The van der Waals surface area contributed by atoms with Crippen molar-refractivity contribution in [2.75, 3.05) is 13.2 Å². The molecular formula is C82H72F2N4O8. The van der Waals surface area contributed by atoms with Gasteiger partial charge in [-0.15, -0.1) is 0 Å². The average Bonchev–Trinajstić information content (AvgIpc) is 1.65. The third-order valence-electron chi connectivity index (χ3n) is 16.9. The fraction of sp³-hybridized carbons (Fsp3) is 0.171. The molecular weight excluding hydrogens is 1210 g/mol. The van der Waals surface area contributed by atoms with Crippen LogP contribution in [-0.4, -0.2) is 67.8 Å². The SMILES string of the molecule is O[C@@H](COCc1ccccc1)[C@@H](OCc1ccccc1)[C@@H](OCc1ccccc1)c1c2nc(c(-c3ccc(F)cc3)c3ccc([nH]3)c([C@H](OCc3ccccc3)[C@H](OCc3ccccc3)[C@@H](O)COCc3ccccc3)c3nc(c(-c4ccc(F)cc4)c4ccc1[nH]4)C=C3)C=C2. The molecule has 0 saturated carbocycles. The summed E-state index contributed by atoms with van der Waals surface area (Å²) in [6.07, 6.45) is 0.814. The highest BCUT2D eigenvalue weighted by Crippen LogP contribution is 2.41. The van der Waals surface area contributed by atoms with Crippen LogP contribution in [0.2, 0.25) is 0 Å². The minimum atomic E-state index is -1.26. The minimum absolute atomic E-state index is 0.106. The third-order valence-corrected chi connectivity index (χ3v) is 16.9. The van der Waals surface area contributed by atoms with Gasteiger partial charge < -0.3 is 48.6 Å². The number of benzene rings is 8. The van der Waals surface area contributed by atoms with Crippen molar-refractivity contribution in [2.24, 2.45) is 0 Å². The fourth-order valence-corrected chi connectivity index (χ4v) is 12.2. The molecule has 13 rings (SSSR count). The van der Waals surface area contributed by atoms with Gasteiger partial charge in [0.25, 0.3) is 0 Å². The van der Waals surface area contributed by atoms with Crippen LogP contribution in [0.5, 0.6) is 0 Å². The number of fused-ring (bicyclic) bond motifs is 8. The van der Waals surface area contributed by atoms with Gasteiger partial charge in [-0.3, -0.25) is 0 Å². The van der Waals surface area contributed by atoms with Gasteiger partial charge in [-0.1, -0.05) is 206 Å². The summed E-state index contributed by atoms with van der Waals surface area (Å²) in [5.41, 5.74) is 13.3. The Labute approximate surface area is 556 Å². The Bertz CT molecular complexity index is 4270. The van der Waals surface area contributed by atoms with E-state index in [4.69, 9.17) is 38.4 Å². The van der Waals surface area contributed by atoms with E-state index < -0.39 is 48.3 Å². The second-order valence-electron chi connectivity index (χ2n) is 23.7. The molecule has 0 aliphatic carbocycles. The normalized spacial score (nSPS) is 13.9. The van der Waals surface area contributed by atoms with Gasteiger partial charge >= 0.3 is 0 Å². The van der Waals surface area contributed by atoms with Crippen LogP contribution in [0.15, 0.2) is 255 Å². The number of aromatic nitrogens is 4. The van der Waals surface area contributed by atoms with Gasteiger partial charge in [0.05, 0.1) is 75.6 Å². The molecule has 12 nitrogen and oxygen atoms in total. The second-order valence-corrected chi connectivity index (χ2v) is 23.7. The fourth-order valence-electron chi connectivity index (χ4n) is 12.2. The standard InChI is InChI=1S/C82H72F2N4O8/c83-63-35-31-61(32-36-63)75-65-39-43-69(85-65)77(81(95-51-59-27-15-5-16-28-59)79(93-49-57-23-11-3-12-24-57)73(89)53-91-47-55-19-7-1-8-20-55)70-44-40-66(86-70)76(62-33-37-64(84)38-34-62)68-42-46-72(88-68)78(71-45-41-67(75)87-71)82(96-52-60-29-17-6-18-30-60)80(94-50-58-25-13-4-14-26-58)74(90)54-92-48-56-21-9-2-10-22-56/h1-46,73-74,79-82,85,88-90H,47-54H2/t73-,74-,79+,80+,81-,82-/m0/s1. The van der Waals surface area contributed by atoms with Crippen molar-refractivity contribution < 1.29 is 47.4 Å². The van der Waals surface area contributed by atoms with Gasteiger partial charge in [0, 0.05) is 44.3 Å². The molecule has 3 aromatic heterocycles. The molecule has 5 heterocycles. The lowest BCUT2D eigenvalue weighted by Crippen LogP contribution is -2.39. The Morgan fingerprint density at radius 3 is 0.917 bits per heavy atom. The lowest BCUT2D eigenvalue weighted by Gasteiger charge is -2.32. The van der Waals surface area contributed by atoms with Gasteiger partial charge in [0.15, 0.2) is 0 Å². The summed E-state index contributed by atoms with van der Waals surface area (Å²) in [6.45, 7) is 0.666. The van der Waals surface area contributed by atoms with Gasteiger partial charge in [-0.2, -0.15) is 0 Å². The molecule has 0 spiro atoms. The Balaban J connectivity index is 1.06. The van der Waals surface area contributed by atoms with E-state index in [1.807, 2.05) is 231 Å². The molecule has 0 fully saturated rings. The topological polar surface area (TPSA) is 153 Å². The molecule has 8 bridgehead atoms. The molecule has 2 aliphatic heterocycles. The average molecular weight is 1280 g/mol. The third kappa shape index (κ3) is 16.0. The lowest BCUT2D eigenvalue weighted by molar-refractivity contribution is -0.149. The number of H-pyrrole nitrogens is 2. The van der Waals surface area contributed by atoms with Gasteiger partial charge in [0.2, 0.25) is 0 Å². The molecule has 96 heavy (non-hydrogen) atoms. The van der Waals surface area contributed by atoms with Crippen LogP contribution in [0.3, 0.4) is 0 Å². The Hall–Kier alpha value is -10.1. The van der Waals surface area contributed by atoms with Crippen LogP contribution in [0.1, 0.15) is 79.5 Å². The van der Waals surface area contributed by atoms with E-state index in [2.05, 4.69) is 9.97 Å². The Morgan fingerprint density at radius 2 is 0.594 bits per heavy atom. The van der Waals surface area contributed by atoms with Gasteiger partial charge in [0.1, 0.15) is 48.3 Å². The molecule has 0 amide bonds. The first-order chi connectivity index (χ1) is 47.2. The zero-order valence-corrected chi connectivity index (χ0v) is 52.7. The van der Waals surface area contributed by atoms with E-state index in [0.29, 0.717) is 78.2 Å². The summed E-state index contributed by atoms with van der Waals surface area (Å²) in [6, 6.07) is 79.0. The van der Waals surface area contributed by atoms with Crippen LogP contribution in [-0.2, 0) is 68.1 Å². The highest BCUT2D eigenvalue weighted by molar-refractivity contribution is 5.94. The number of nitrogens with one attached hydrogen (secondary N) is 2. The van der Waals surface area contributed by atoms with E-state index in [-0.39, 0.29) is 52.9 Å². The van der Waals surface area contributed by atoms with Gasteiger partial charge in [-0.25, -0.2) is 18.7 Å². The van der Waals surface area contributed by atoms with E-state index in [9.17, 15) is 10.2 Å². The Kier molecular flexibility index (Phi) is 21.1. The molecule has 2 aliphatic rings. The summed E-state index contributed by atoms with van der Waals surface area (Å²) in [7, 11) is 0. The first kappa shape index (κ1) is 64.6. The molecule has 0 radical (unpaired) electrons. The smallest absolute Gasteiger partial charge is 0.123 e. The number of hydrogen-bond donors (Lipinski definition) is 4. The van der Waals surface area contributed by atoms with Crippen molar-refractivity contribution in [3.05, 3.63) is 334 Å². The lowest BCUT2D eigenvalue weighted by atomic mass is 9.98. The molecule has 0 saturated heterocycles. The number of nitrogens with zero attached hydrogens (tertiary/aromatic N) is 2. The summed E-state index contributed by atoms with van der Waals surface area (Å²) in [4.78, 5) is 18.7. The highest BCUT2D eigenvalue weighted by atomic mass is 19.1. The molecule has 8 aromatic carbocycles. The van der Waals surface area contributed by atoms with Crippen LogP contribution in [0, 0.1) is 11.6 Å². The number of ether oxygens (including phenoxy) is 6. The number of rotatable bonds is 28. The molecule has 0 unspecified atom stereocenters. The Morgan fingerprint density at radius 1 is 0.312 bits per heavy atom. The van der Waals surface area contributed by atoms with E-state index in [1.165, 1.54) is 24.3 Å². The maximum absolute atomic E-state index is 15.2. The molecule has 4 N–H and O–H groups in total. The first-order valence-corrected chi connectivity index (χ1v) is 32.1. The van der Waals surface area contributed by atoms with Crippen LogP contribution in [0.25, 0.3) is 68.6 Å². The molecule has 6 atom stereocenters. The van der Waals surface area contributed by atoms with E-state index in [1.54, 1.807) is 24.3 Å². The highest BCUT2D eigenvalue weighted by Gasteiger charge is 2.38. The second kappa shape index (κ2) is 31.4. The summed E-state index contributed by atoms with van der Waals surface area (Å²) < 4.78 is 71.5. The number of halogens is 2. The van der Waals surface area contributed by atoms with Crippen LogP contribution < -0.4 is 0 Å². The van der Waals surface area contributed by atoms with Crippen molar-refractivity contribution in [3.63, 3.8) is 0 Å². The molecule has 11 aromatic rings. The van der Waals surface area contributed by atoms with Gasteiger partial charge in [-0.05, 0) is 117 Å².